The molecule has 0 saturated carbocycles. The summed E-state index contributed by atoms with van der Waals surface area (Å²) in [5.74, 6) is 0. The van der Waals surface area contributed by atoms with Gasteiger partial charge in [-0.3, -0.25) is 0 Å². The fourth-order valence-corrected chi connectivity index (χ4v) is 17.6. The second-order valence-corrected chi connectivity index (χ2v) is 23.8. The van der Waals surface area contributed by atoms with E-state index in [-0.39, 0.29) is 0 Å². The van der Waals surface area contributed by atoms with Crippen LogP contribution in [0.2, 0.25) is 0 Å². The maximum atomic E-state index is 2.51. The quantitative estimate of drug-likeness (QED) is 0.101. The third kappa shape index (κ3) is 6.68. The number of hydrogen-bond acceptors (Lipinski definition) is 0. The number of rotatable bonds is 9. The highest BCUT2D eigenvalue weighted by Gasteiger charge is 2.41. The van der Waals surface area contributed by atoms with Gasteiger partial charge in [-0.25, -0.2) is 0 Å². The molecule has 0 spiro atoms. The number of aromatic nitrogens is 3. The normalized spacial score (nSPS) is 11.9. The number of fused-ring (bicyclic) bond motifs is 9. The molecule has 4 heteroatoms. The minimum atomic E-state index is -2.82. The van der Waals surface area contributed by atoms with Gasteiger partial charge in [0, 0.05) is 43.7 Å². The van der Waals surface area contributed by atoms with Crippen LogP contribution in [0.3, 0.4) is 0 Å². The van der Waals surface area contributed by atoms with Crippen molar-refractivity contribution in [1.29, 1.82) is 0 Å². The van der Waals surface area contributed by atoms with Crippen LogP contribution in [0.1, 0.15) is 0 Å². The Bertz CT molecular complexity index is 4490. The van der Waals surface area contributed by atoms with Crippen molar-refractivity contribution in [3.63, 3.8) is 0 Å². The molecule has 0 aliphatic carbocycles. The van der Waals surface area contributed by atoms with Crippen molar-refractivity contribution in [2.75, 3.05) is 0 Å². The number of para-hydroxylation sites is 5. The summed E-state index contributed by atoms with van der Waals surface area (Å²) in [6.07, 6.45) is 0. The molecule has 356 valence electrons. The van der Waals surface area contributed by atoms with Gasteiger partial charge in [0.1, 0.15) is 0 Å². The molecule has 0 amide bonds. The predicted molar refractivity (Wildman–Crippen MR) is 324 cm³/mol. The highest BCUT2D eigenvalue weighted by atomic mass is 28.3. The van der Waals surface area contributed by atoms with Crippen molar-refractivity contribution in [1.82, 2.24) is 13.7 Å². The summed E-state index contributed by atoms with van der Waals surface area (Å²) in [5.41, 5.74) is 15.1. The maximum Gasteiger partial charge on any atom is 0.179 e. The van der Waals surface area contributed by atoms with Crippen LogP contribution in [-0.4, -0.2) is 21.8 Å². The molecule has 3 aromatic heterocycles. The Balaban J connectivity index is 1.00. The molecule has 0 aliphatic heterocycles. The molecule has 0 fully saturated rings. The average molecular weight is 984 g/mol. The Kier molecular flexibility index (Phi) is 10.2. The highest BCUT2D eigenvalue weighted by molar-refractivity contribution is 7.19. The van der Waals surface area contributed by atoms with E-state index in [1.807, 2.05) is 0 Å². The third-order valence-electron chi connectivity index (χ3n) is 16.0. The molecule has 15 rings (SSSR count). The molecule has 3 nitrogen and oxygen atoms in total. The smallest absolute Gasteiger partial charge is 0.179 e. The van der Waals surface area contributed by atoms with E-state index in [0.29, 0.717) is 0 Å². The van der Waals surface area contributed by atoms with Crippen LogP contribution in [-0.2, 0) is 0 Å². The first-order valence-electron chi connectivity index (χ1n) is 26.3. The van der Waals surface area contributed by atoms with Gasteiger partial charge in [0.15, 0.2) is 8.07 Å². The molecule has 76 heavy (non-hydrogen) atoms. The van der Waals surface area contributed by atoms with Crippen molar-refractivity contribution in [2.24, 2.45) is 0 Å². The Morgan fingerprint density at radius 2 is 0.579 bits per heavy atom. The minimum Gasteiger partial charge on any atom is -0.309 e. The van der Waals surface area contributed by atoms with E-state index >= 15 is 0 Å². The second kappa shape index (κ2) is 17.7. The van der Waals surface area contributed by atoms with Crippen LogP contribution < -0.4 is 20.7 Å². The van der Waals surface area contributed by atoms with E-state index in [0.717, 1.165) is 33.7 Å². The van der Waals surface area contributed by atoms with Gasteiger partial charge in [-0.2, -0.15) is 0 Å². The molecule has 0 aliphatic rings. The molecule has 15 aromatic rings. The first-order chi connectivity index (χ1) is 37.7. The zero-order valence-electron chi connectivity index (χ0n) is 41.6. The minimum absolute atomic E-state index is 1.09. The molecular weight excluding hydrogens is 935 g/mol. The van der Waals surface area contributed by atoms with Crippen molar-refractivity contribution in [3.8, 4) is 39.3 Å². The van der Waals surface area contributed by atoms with Crippen molar-refractivity contribution < 1.29 is 0 Å². The van der Waals surface area contributed by atoms with Crippen LogP contribution in [0.5, 0.6) is 0 Å². The van der Waals surface area contributed by atoms with E-state index in [4.69, 9.17) is 0 Å². The highest BCUT2D eigenvalue weighted by Crippen LogP contribution is 2.43. The van der Waals surface area contributed by atoms with Crippen molar-refractivity contribution in [2.45, 2.75) is 0 Å². The zero-order valence-corrected chi connectivity index (χ0v) is 42.6. The van der Waals surface area contributed by atoms with E-state index in [1.54, 1.807) is 0 Å². The Labute approximate surface area is 442 Å². The summed E-state index contributed by atoms with van der Waals surface area (Å²) < 4.78 is 7.45. The summed E-state index contributed by atoms with van der Waals surface area (Å²) in [5, 5.41) is 12.8. The lowest BCUT2D eigenvalue weighted by atomic mass is 9.94. The largest absolute Gasteiger partial charge is 0.309 e. The molecule has 0 atom stereocenters. The summed E-state index contributed by atoms with van der Waals surface area (Å²) in [4.78, 5) is 0. The standard InChI is InChI=1S/C72H49N3Si/c1-4-25-54(26-5-1)76(55-27-6-2-7-28-55,56-29-8-3-9-30-56)57-31-22-24-50(48-57)58-32-10-11-33-59(58)51-46-52(73-65-39-17-12-34-60(65)61-35-13-18-40-66(61)73)49-53(47-51)74-69-43-21-16-38-64(69)72-70(74)44-23-45-71(72)75-67-41-19-14-36-62(67)63-37-15-20-42-68(63)75/h1-49H. The first kappa shape index (κ1) is 43.8. The lowest BCUT2D eigenvalue weighted by Gasteiger charge is -2.34. The van der Waals surface area contributed by atoms with Gasteiger partial charge in [-0.1, -0.05) is 237 Å². The van der Waals surface area contributed by atoms with Gasteiger partial charge >= 0.3 is 0 Å². The van der Waals surface area contributed by atoms with Gasteiger partial charge in [0.05, 0.1) is 38.8 Å². The molecule has 0 bridgehead atoms. The lowest BCUT2D eigenvalue weighted by Crippen LogP contribution is -2.74. The summed E-state index contributed by atoms with van der Waals surface area (Å²) >= 11 is 0. The molecule has 3 heterocycles. The summed E-state index contributed by atoms with van der Waals surface area (Å²) in [7, 11) is -2.82. The average Bonchev–Trinajstić information content (AvgIpc) is 4.17. The van der Waals surface area contributed by atoms with Crippen LogP contribution in [0.15, 0.2) is 297 Å². The Morgan fingerprint density at radius 1 is 0.224 bits per heavy atom. The SMILES string of the molecule is c1ccc([Si](c2ccccc2)(c2ccccc2)c2cccc(-c3ccccc3-c3cc(-n4c5ccccc5c5ccccc54)cc(-n4c5ccccc5c5c(-n6c7ccccc7c7ccccc76)cccc54)c3)c2)cc1. The first-order valence-corrected chi connectivity index (χ1v) is 28.3. The molecule has 0 N–H and O–H groups in total. The van der Waals surface area contributed by atoms with E-state index in [2.05, 4.69) is 311 Å². The van der Waals surface area contributed by atoms with Gasteiger partial charge in [0.2, 0.25) is 0 Å². The van der Waals surface area contributed by atoms with E-state index < -0.39 is 8.07 Å². The second-order valence-electron chi connectivity index (χ2n) is 20.0. The van der Waals surface area contributed by atoms with Crippen LogP contribution in [0.4, 0.5) is 0 Å². The fourth-order valence-electron chi connectivity index (χ4n) is 12.8. The summed E-state index contributed by atoms with van der Waals surface area (Å²) in [6, 6.07) is 111. The van der Waals surface area contributed by atoms with E-state index in [1.165, 1.54) is 91.8 Å². The number of benzene rings is 12. The van der Waals surface area contributed by atoms with Gasteiger partial charge < -0.3 is 13.7 Å². The monoisotopic (exact) mass is 983 g/mol. The fraction of sp³-hybridized carbons (Fsp3) is 0. The van der Waals surface area contributed by atoms with Crippen LogP contribution in [0, 0.1) is 0 Å². The number of nitrogens with zero attached hydrogens (tertiary/aromatic N) is 3. The number of hydrogen-bond donors (Lipinski definition) is 0. The van der Waals surface area contributed by atoms with Crippen LogP contribution in [0.25, 0.3) is 105 Å². The third-order valence-corrected chi connectivity index (χ3v) is 20.7. The molecule has 0 saturated heterocycles. The predicted octanol–water partition coefficient (Wildman–Crippen LogP) is 15.7. The van der Waals surface area contributed by atoms with Gasteiger partial charge in [0.25, 0.3) is 0 Å². The molecule has 12 aromatic carbocycles. The Hall–Kier alpha value is -9.74. The zero-order chi connectivity index (χ0) is 50.2. The van der Waals surface area contributed by atoms with Gasteiger partial charge in [-0.05, 0) is 104 Å². The van der Waals surface area contributed by atoms with Crippen molar-refractivity contribution >= 4 is 94.2 Å². The van der Waals surface area contributed by atoms with Gasteiger partial charge in [-0.15, -0.1) is 0 Å². The van der Waals surface area contributed by atoms with Crippen LogP contribution >= 0.6 is 0 Å². The summed E-state index contributed by atoms with van der Waals surface area (Å²) in [6.45, 7) is 0. The lowest BCUT2D eigenvalue weighted by molar-refractivity contribution is 1.13. The Morgan fingerprint density at radius 3 is 1.08 bits per heavy atom. The molecular formula is C72H49N3Si. The van der Waals surface area contributed by atoms with E-state index in [9.17, 15) is 0 Å². The molecule has 0 radical (unpaired) electrons. The maximum absolute atomic E-state index is 2.82. The molecule has 0 unspecified atom stereocenters. The van der Waals surface area contributed by atoms with Crippen molar-refractivity contribution in [3.05, 3.63) is 297 Å². The topological polar surface area (TPSA) is 14.8 Å².